The van der Waals surface area contributed by atoms with Crippen LogP contribution in [0.3, 0.4) is 0 Å². The van der Waals surface area contributed by atoms with Gasteiger partial charge in [0, 0.05) is 32.0 Å². The number of ether oxygens (including phenoxy) is 2. The van der Waals surface area contributed by atoms with Gasteiger partial charge in [-0.25, -0.2) is 0 Å². The summed E-state index contributed by atoms with van der Waals surface area (Å²) in [6.07, 6.45) is 4.58. The topological polar surface area (TPSA) is 77.7 Å². The van der Waals surface area contributed by atoms with Crippen molar-refractivity contribution in [2.45, 2.75) is 64.1 Å². The van der Waals surface area contributed by atoms with E-state index in [0.29, 0.717) is 18.4 Å². The van der Waals surface area contributed by atoms with Crippen LogP contribution in [-0.2, 0) is 27.3 Å². The van der Waals surface area contributed by atoms with Crippen molar-refractivity contribution in [1.29, 1.82) is 0 Å². The molecule has 4 rings (SSSR count). The maximum atomic E-state index is 12.6. The number of benzene rings is 1. The number of hydrogen-bond acceptors (Lipinski definition) is 6. The summed E-state index contributed by atoms with van der Waals surface area (Å²) >= 11 is 0. The largest absolute Gasteiger partial charge is 0.375 e. The number of carbonyl (C=O) groups is 1. The van der Waals surface area contributed by atoms with Gasteiger partial charge in [-0.1, -0.05) is 49.3 Å². The summed E-state index contributed by atoms with van der Waals surface area (Å²) in [6.45, 7) is 6.91. The number of hydrogen-bond donors (Lipinski definition) is 0. The minimum absolute atomic E-state index is 0.0613. The predicted molar refractivity (Wildman–Crippen MR) is 115 cm³/mol. The van der Waals surface area contributed by atoms with Gasteiger partial charge in [-0.3, -0.25) is 4.79 Å². The van der Waals surface area contributed by atoms with E-state index in [0.717, 1.165) is 63.2 Å². The van der Waals surface area contributed by atoms with Crippen molar-refractivity contribution in [2.24, 2.45) is 5.92 Å². The van der Waals surface area contributed by atoms with Gasteiger partial charge in [-0.2, -0.15) is 4.98 Å². The Morgan fingerprint density at radius 1 is 1.26 bits per heavy atom. The molecule has 1 amide bonds. The molecule has 7 nitrogen and oxygen atoms in total. The SMILES string of the molecule is CC(C)c1nc(CC2CCOC3(CCN(C(=O)COCc4ccccc4)CC3)C2)no1. The summed E-state index contributed by atoms with van der Waals surface area (Å²) in [5, 5.41) is 4.16. The van der Waals surface area contributed by atoms with Crippen molar-refractivity contribution in [3.05, 3.63) is 47.6 Å². The molecule has 0 N–H and O–H groups in total. The average Bonchev–Trinajstić information content (AvgIpc) is 3.24. The Bertz CT molecular complexity index is 844. The van der Waals surface area contributed by atoms with Crippen LogP contribution >= 0.6 is 0 Å². The Morgan fingerprint density at radius 2 is 2.03 bits per heavy atom. The lowest BCUT2D eigenvalue weighted by atomic mass is 9.78. The molecule has 168 valence electrons. The first kappa shape index (κ1) is 22.0. The average molecular weight is 428 g/mol. The van der Waals surface area contributed by atoms with Gasteiger partial charge in [0.1, 0.15) is 6.61 Å². The van der Waals surface area contributed by atoms with Crippen molar-refractivity contribution in [3.8, 4) is 0 Å². The molecule has 0 aliphatic carbocycles. The number of aromatic nitrogens is 2. The molecule has 1 aromatic carbocycles. The molecule has 1 atom stereocenters. The van der Waals surface area contributed by atoms with E-state index in [-0.39, 0.29) is 24.0 Å². The first-order chi connectivity index (χ1) is 15.0. The number of nitrogens with zero attached hydrogens (tertiary/aromatic N) is 3. The quantitative estimate of drug-likeness (QED) is 0.670. The third-order valence-electron chi connectivity index (χ3n) is 6.41. The van der Waals surface area contributed by atoms with E-state index >= 15 is 0 Å². The zero-order valence-electron chi connectivity index (χ0n) is 18.6. The molecule has 0 bridgehead atoms. The molecule has 0 radical (unpaired) electrons. The van der Waals surface area contributed by atoms with Gasteiger partial charge in [0.2, 0.25) is 11.8 Å². The molecule has 1 aromatic heterocycles. The molecule has 2 aliphatic heterocycles. The highest BCUT2D eigenvalue weighted by Crippen LogP contribution is 2.38. The highest BCUT2D eigenvalue weighted by atomic mass is 16.5. The fraction of sp³-hybridized carbons (Fsp3) is 0.625. The third-order valence-corrected chi connectivity index (χ3v) is 6.41. The van der Waals surface area contributed by atoms with Crippen LogP contribution in [0.4, 0.5) is 0 Å². The lowest BCUT2D eigenvalue weighted by Gasteiger charge is -2.46. The van der Waals surface area contributed by atoms with Gasteiger partial charge in [-0.05, 0) is 37.2 Å². The van der Waals surface area contributed by atoms with Gasteiger partial charge >= 0.3 is 0 Å². The smallest absolute Gasteiger partial charge is 0.248 e. The zero-order chi connectivity index (χ0) is 21.7. The second kappa shape index (κ2) is 9.92. The molecule has 3 heterocycles. The molecule has 1 spiro atoms. The van der Waals surface area contributed by atoms with E-state index in [2.05, 4.69) is 24.0 Å². The van der Waals surface area contributed by atoms with Crippen LogP contribution in [0.5, 0.6) is 0 Å². The monoisotopic (exact) mass is 427 g/mol. The maximum absolute atomic E-state index is 12.6. The maximum Gasteiger partial charge on any atom is 0.248 e. The van der Waals surface area contributed by atoms with Crippen molar-refractivity contribution < 1.29 is 18.8 Å². The lowest BCUT2D eigenvalue weighted by molar-refractivity contribution is -0.151. The van der Waals surface area contributed by atoms with Crippen LogP contribution in [0.15, 0.2) is 34.9 Å². The number of amides is 1. The van der Waals surface area contributed by atoms with E-state index in [1.165, 1.54) is 0 Å². The van der Waals surface area contributed by atoms with Crippen LogP contribution in [-0.4, -0.2) is 52.9 Å². The molecule has 31 heavy (non-hydrogen) atoms. The Labute approximate surface area is 184 Å². The van der Waals surface area contributed by atoms with E-state index < -0.39 is 0 Å². The molecule has 2 aromatic rings. The summed E-state index contributed by atoms with van der Waals surface area (Å²) in [4.78, 5) is 19.0. The van der Waals surface area contributed by atoms with Gasteiger partial charge in [-0.15, -0.1) is 0 Å². The number of carbonyl (C=O) groups excluding carboxylic acids is 1. The lowest BCUT2D eigenvalue weighted by Crippen LogP contribution is -2.51. The van der Waals surface area contributed by atoms with E-state index in [1.807, 2.05) is 35.2 Å². The van der Waals surface area contributed by atoms with Crippen LogP contribution in [0, 0.1) is 5.92 Å². The summed E-state index contributed by atoms with van der Waals surface area (Å²) in [5.74, 6) is 2.31. The van der Waals surface area contributed by atoms with Crippen molar-refractivity contribution in [2.75, 3.05) is 26.3 Å². The Balaban J connectivity index is 1.23. The Hall–Kier alpha value is -2.25. The second-order valence-corrected chi connectivity index (χ2v) is 9.16. The fourth-order valence-electron chi connectivity index (χ4n) is 4.58. The van der Waals surface area contributed by atoms with Crippen molar-refractivity contribution >= 4 is 5.91 Å². The van der Waals surface area contributed by atoms with Crippen LogP contribution in [0.1, 0.15) is 62.7 Å². The molecular weight excluding hydrogens is 394 g/mol. The van der Waals surface area contributed by atoms with Crippen LogP contribution < -0.4 is 0 Å². The van der Waals surface area contributed by atoms with Gasteiger partial charge in [0.05, 0.1) is 12.2 Å². The minimum Gasteiger partial charge on any atom is -0.375 e. The van der Waals surface area contributed by atoms with Crippen LogP contribution in [0.25, 0.3) is 0 Å². The molecule has 0 saturated carbocycles. The summed E-state index contributed by atoms with van der Waals surface area (Å²) < 4.78 is 17.2. The summed E-state index contributed by atoms with van der Waals surface area (Å²) in [6, 6.07) is 9.93. The molecule has 2 saturated heterocycles. The van der Waals surface area contributed by atoms with Gasteiger partial charge in [0.15, 0.2) is 5.82 Å². The molecule has 2 fully saturated rings. The highest BCUT2D eigenvalue weighted by Gasteiger charge is 2.41. The van der Waals surface area contributed by atoms with E-state index in [1.54, 1.807) is 0 Å². The Morgan fingerprint density at radius 3 is 2.74 bits per heavy atom. The number of likely N-dealkylation sites (tertiary alicyclic amines) is 1. The van der Waals surface area contributed by atoms with E-state index in [4.69, 9.17) is 14.0 Å². The van der Waals surface area contributed by atoms with Gasteiger partial charge in [0.25, 0.3) is 0 Å². The van der Waals surface area contributed by atoms with Crippen molar-refractivity contribution in [1.82, 2.24) is 15.0 Å². The molecular formula is C24H33N3O4. The first-order valence-corrected chi connectivity index (χ1v) is 11.4. The standard InChI is InChI=1S/C24H33N3O4/c1-18(2)23-25-21(26-31-23)14-20-8-13-30-24(15-20)9-11-27(12-10-24)22(28)17-29-16-19-6-4-3-5-7-19/h3-7,18,20H,8-17H2,1-2H3. The second-order valence-electron chi connectivity index (χ2n) is 9.16. The fourth-order valence-corrected chi connectivity index (χ4v) is 4.58. The molecule has 2 aliphatic rings. The zero-order valence-corrected chi connectivity index (χ0v) is 18.6. The normalized spacial score (nSPS) is 21.0. The van der Waals surface area contributed by atoms with E-state index in [9.17, 15) is 4.79 Å². The third kappa shape index (κ3) is 5.71. The minimum atomic E-state index is -0.130. The molecule has 7 heteroatoms. The Kier molecular flexibility index (Phi) is 7.02. The predicted octanol–water partition coefficient (Wildman–Crippen LogP) is 3.74. The van der Waals surface area contributed by atoms with Gasteiger partial charge < -0.3 is 18.9 Å². The number of rotatable bonds is 7. The first-order valence-electron chi connectivity index (χ1n) is 11.4. The highest BCUT2D eigenvalue weighted by molar-refractivity contribution is 5.77. The number of piperidine rings is 1. The molecule has 1 unspecified atom stereocenters. The summed E-state index contributed by atoms with van der Waals surface area (Å²) in [7, 11) is 0. The summed E-state index contributed by atoms with van der Waals surface area (Å²) in [5.41, 5.74) is 0.950. The van der Waals surface area contributed by atoms with Crippen molar-refractivity contribution in [3.63, 3.8) is 0 Å². The van der Waals surface area contributed by atoms with Crippen LogP contribution in [0.2, 0.25) is 0 Å².